The van der Waals surface area contributed by atoms with Crippen molar-refractivity contribution in [3.05, 3.63) is 24.9 Å². The van der Waals surface area contributed by atoms with Crippen molar-refractivity contribution in [3.63, 3.8) is 0 Å². The summed E-state index contributed by atoms with van der Waals surface area (Å²) in [6.45, 7) is 5.24. The maximum absolute atomic E-state index is 5.24. The summed E-state index contributed by atoms with van der Waals surface area (Å²) in [4.78, 5) is 0. The first-order valence-electron chi connectivity index (χ1n) is 2.53. The van der Waals surface area contributed by atoms with E-state index in [0.29, 0.717) is 6.42 Å². The van der Waals surface area contributed by atoms with E-state index < -0.39 is 0 Å². The van der Waals surface area contributed by atoms with Crippen molar-refractivity contribution < 1.29 is 4.52 Å². The van der Waals surface area contributed by atoms with Crippen LogP contribution in [0.5, 0.6) is 0 Å². The highest BCUT2D eigenvalue weighted by molar-refractivity contribution is 4.94. The zero-order valence-electron chi connectivity index (χ0n) is 4.50. The molecule has 42 valence electrons. The maximum Gasteiger partial charge on any atom is 0.124 e. The number of rotatable bonds is 2. The highest BCUT2D eigenvalue weighted by Gasteiger charge is 1.90. The standard InChI is InChI=1S/C6H7NO/c1-2-3-6-4-5-8-7-6/h1,4-5H,2-3H2. The number of hydrogen-bond acceptors (Lipinski definition) is 2. The monoisotopic (exact) mass is 109 g/mol. The first kappa shape index (κ1) is 5.35. The summed E-state index contributed by atoms with van der Waals surface area (Å²) in [5, 5.41) is 3.65. The van der Waals surface area contributed by atoms with Gasteiger partial charge in [0.05, 0.1) is 5.69 Å². The molecule has 0 unspecified atom stereocenters. The van der Waals surface area contributed by atoms with Gasteiger partial charge in [-0.15, -0.1) is 0 Å². The van der Waals surface area contributed by atoms with E-state index in [9.17, 15) is 0 Å². The minimum Gasteiger partial charge on any atom is -0.365 e. The second kappa shape index (κ2) is 2.50. The predicted molar refractivity (Wildman–Crippen MR) is 29.1 cm³/mol. The molecule has 0 atom stereocenters. The summed E-state index contributed by atoms with van der Waals surface area (Å²) in [5.74, 6) is 0. The molecule has 2 radical (unpaired) electrons. The summed E-state index contributed by atoms with van der Waals surface area (Å²) in [6.07, 6.45) is 2.98. The molecule has 0 saturated heterocycles. The highest BCUT2D eigenvalue weighted by Crippen LogP contribution is 1.96. The lowest BCUT2D eigenvalue weighted by molar-refractivity contribution is 0.411. The average Bonchev–Trinajstić information content (AvgIpc) is 2.19. The molecule has 8 heavy (non-hydrogen) atoms. The van der Waals surface area contributed by atoms with Gasteiger partial charge < -0.3 is 4.52 Å². The van der Waals surface area contributed by atoms with Crippen molar-refractivity contribution in [1.29, 1.82) is 0 Å². The molecular formula is C6H7NO. The molecule has 2 heteroatoms. The van der Waals surface area contributed by atoms with Crippen LogP contribution in [0.1, 0.15) is 12.1 Å². The fourth-order valence-electron chi connectivity index (χ4n) is 0.514. The van der Waals surface area contributed by atoms with E-state index in [1.807, 2.05) is 6.07 Å². The van der Waals surface area contributed by atoms with Crippen molar-refractivity contribution in [2.24, 2.45) is 0 Å². The lowest BCUT2D eigenvalue weighted by Gasteiger charge is -1.82. The minimum atomic E-state index is 0.631. The van der Waals surface area contributed by atoms with Crippen LogP contribution in [0.15, 0.2) is 16.9 Å². The molecule has 0 N–H and O–H groups in total. The minimum absolute atomic E-state index is 0.631. The van der Waals surface area contributed by atoms with E-state index in [1.54, 1.807) is 6.26 Å². The summed E-state index contributed by atoms with van der Waals surface area (Å²) >= 11 is 0. The topological polar surface area (TPSA) is 26.0 Å². The van der Waals surface area contributed by atoms with Crippen LogP contribution in [0.25, 0.3) is 0 Å². The van der Waals surface area contributed by atoms with Crippen LogP contribution in [0.3, 0.4) is 0 Å². The van der Waals surface area contributed by atoms with E-state index in [1.165, 1.54) is 0 Å². The third-order valence-electron chi connectivity index (χ3n) is 0.892. The zero-order chi connectivity index (χ0) is 5.82. The van der Waals surface area contributed by atoms with Gasteiger partial charge in [0.1, 0.15) is 6.26 Å². The fourth-order valence-corrected chi connectivity index (χ4v) is 0.514. The van der Waals surface area contributed by atoms with Crippen LogP contribution in [-0.2, 0) is 6.42 Å². The van der Waals surface area contributed by atoms with Gasteiger partial charge in [-0.3, -0.25) is 0 Å². The Kier molecular flexibility index (Phi) is 1.67. The molecular weight excluding hydrogens is 102 g/mol. The summed E-state index contributed by atoms with van der Waals surface area (Å²) in [7, 11) is 0. The molecule has 1 heterocycles. The Morgan fingerprint density at radius 1 is 1.75 bits per heavy atom. The smallest absolute Gasteiger partial charge is 0.124 e. The predicted octanol–water partition coefficient (Wildman–Crippen LogP) is 1.32. The van der Waals surface area contributed by atoms with Gasteiger partial charge in [0.25, 0.3) is 0 Å². The van der Waals surface area contributed by atoms with Crippen molar-refractivity contribution >= 4 is 0 Å². The Morgan fingerprint density at radius 3 is 3.12 bits per heavy atom. The summed E-state index contributed by atoms with van der Waals surface area (Å²) in [5.41, 5.74) is 0.924. The molecule has 1 aromatic heterocycles. The maximum atomic E-state index is 5.24. The van der Waals surface area contributed by atoms with E-state index in [2.05, 4.69) is 9.68 Å². The van der Waals surface area contributed by atoms with Crippen LogP contribution in [-0.4, -0.2) is 5.16 Å². The van der Waals surface area contributed by atoms with E-state index in [-0.39, 0.29) is 0 Å². The molecule has 0 saturated carbocycles. The van der Waals surface area contributed by atoms with E-state index in [4.69, 9.17) is 6.92 Å². The molecule has 0 aliphatic rings. The van der Waals surface area contributed by atoms with Gasteiger partial charge >= 0.3 is 0 Å². The molecule has 0 aliphatic carbocycles. The molecule has 0 fully saturated rings. The number of nitrogens with zero attached hydrogens (tertiary/aromatic N) is 1. The highest BCUT2D eigenvalue weighted by atomic mass is 16.5. The van der Waals surface area contributed by atoms with Gasteiger partial charge in [0, 0.05) is 6.07 Å². The third kappa shape index (κ3) is 1.09. The van der Waals surface area contributed by atoms with Crippen LogP contribution in [0, 0.1) is 6.92 Å². The largest absolute Gasteiger partial charge is 0.365 e. The van der Waals surface area contributed by atoms with E-state index in [0.717, 1.165) is 12.1 Å². The van der Waals surface area contributed by atoms with Crippen molar-refractivity contribution in [2.45, 2.75) is 12.8 Å². The van der Waals surface area contributed by atoms with Crippen LogP contribution in [0.2, 0.25) is 0 Å². The van der Waals surface area contributed by atoms with Crippen LogP contribution < -0.4 is 0 Å². The average molecular weight is 109 g/mol. The SMILES string of the molecule is [CH]CCc1ccon1. The van der Waals surface area contributed by atoms with Crippen LogP contribution in [0.4, 0.5) is 0 Å². The first-order valence-corrected chi connectivity index (χ1v) is 2.53. The Balaban J connectivity index is 2.50. The third-order valence-corrected chi connectivity index (χ3v) is 0.892. The van der Waals surface area contributed by atoms with Gasteiger partial charge in [0.2, 0.25) is 0 Å². The lowest BCUT2D eigenvalue weighted by Crippen LogP contribution is -1.79. The lowest BCUT2D eigenvalue weighted by atomic mass is 10.3. The number of hydrogen-bond donors (Lipinski definition) is 0. The first-order chi connectivity index (χ1) is 3.93. The molecule has 0 spiro atoms. The number of aryl methyl sites for hydroxylation is 1. The van der Waals surface area contributed by atoms with Gasteiger partial charge in [-0.1, -0.05) is 5.16 Å². The Hall–Kier alpha value is -0.790. The molecule has 1 aromatic rings. The van der Waals surface area contributed by atoms with Gasteiger partial charge in [0.15, 0.2) is 0 Å². The quantitative estimate of drug-likeness (QED) is 0.572. The Morgan fingerprint density at radius 2 is 2.62 bits per heavy atom. The summed E-state index contributed by atoms with van der Waals surface area (Å²) < 4.78 is 4.56. The van der Waals surface area contributed by atoms with Crippen molar-refractivity contribution in [1.82, 2.24) is 5.16 Å². The fraction of sp³-hybridized carbons (Fsp3) is 0.333. The molecule has 0 amide bonds. The molecule has 0 aromatic carbocycles. The molecule has 1 rings (SSSR count). The summed E-state index contributed by atoms with van der Waals surface area (Å²) in [6, 6.07) is 1.81. The van der Waals surface area contributed by atoms with Crippen molar-refractivity contribution in [2.75, 3.05) is 0 Å². The number of aromatic nitrogens is 1. The Bertz CT molecular complexity index is 134. The Labute approximate surface area is 48.5 Å². The zero-order valence-corrected chi connectivity index (χ0v) is 4.50. The van der Waals surface area contributed by atoms with Gasteiger partial charge in [-0.05, 0) is 19.8 Å². The molecule has 0 bridgehead atoms. The molecule has 0 aliphatic heterocycles. The second-order valence-electron chi connectivity index (χ2n) is 1.53. The second-order valence-corrected chi connectivity index (χ2v) is 1.53. The molecule has 2 nitrogen and oxygen atoms in total. The van der Waals surface area contributed by atoms with Crippen molar-refractivity contribution in [3.8, 4) is 0 Å². The van der Waals surface area contributed by atoms with Gasteiger partial charge in [-0.25, -0.2) is 0 Å². The van der Waals surface area contributed by atoms with E-state index >= 15 is 0 Å². The normalized spacial score (nSPS) is 9.62. The van der Waals surface area contributed by atoms with Gasteiger partial charge in [-0.2, -0.15) is 0 Å². The van der Waals surface area contributed by atoms with Crippen LogP contribution >= 0.6 is 0 Å².